The highest BCUT2D eigenvalue weighted by molar-refractivity contribution is 7.09. The lowest BCUT2D eigenvalue weighted by Gasteiger charge is -2.32. The highest BCUT2D eigenvalue weighted by Gasteiger charge is 2.25. The van der Waals surface area contributed by atoms with E-state index in [1.165, 1.54) is 4.88 Å². The maximum Gasteiger partial charge on any atom is 0.326 e. The second kappa shape index (κ2) is 7.07. The first-order valence-corrected chi connectivity index (χ1v) is 9.87. The number of imidazole rings is 1. The lowest BCUT2D eigenvalue weighted by Crippen LogP contribution is -2.40. The molecule has 26 heavy (non-hydrogen) atoms. The monoisotopic (exact) mass is 370 g/mol. The Morgan fingerprint density at radius 3 is 2.81 bits per heavy atom. The summed E-state index contributed by atoms with van der Waals surface area (Å²) in [7, 11) is 0. The van der Waals surface area contributed by atoms with Crippen molar-refractivity contribution in [2.45, 2.75) is 38.6 Å². The van der Waals surface area contributed by atoms with Gasteiger partial charge in [-0.3, -0.25) is 9.36 Å². The van der Waals surface area contributed by atoms with Crippen molar-refractivity contribution >= 4 is 28.3 Å². The topological polar surface area (TPSA) is 71.0 Å². The number of piperidine rings is 1. The number of H-pyrrole nitrogens is 1. The average molecular weight is 370 g/mol. The van der Waals surface area contributed by atoms with Crippen molar-refractivity contribution in [1.82, 2.24) is 19.4 Å². The SMILES string of the molecule is Cc1ncsc1CCC(=O)N1CCC(n2c(=O)[nH]c3ccccc32)CC1. The number of fused-ring (bicyclic) bond motifs is 1. The fourth-order valence-electron chi connectivity index (χ4n) is 3.75. The van der Waals surface area contributed by atoms with E-state index in [1.807, 2.05) is 46.2 Å². The van der Waals surface area contributed by atoms with E-state index < -0.39 is 0 Å². The van der Waals surface area contributed by atoms with Gasteiger partial charge in [0.1, 0.15) is 0 Å². The van der Waals surface area contributed by atoms with E-state index in [9.17, 15) is 9.59 Å². The summed E-state index contributed by atoms with van der Waals surface area (Å²) in [5, 5.41) is 0. The highest BCUT2D eigenvalue weighted by Crippen LogP contribution is 2.25. The Bertz CT molecular complexity index is 979. The predicted octanol–water partition coefficient (Wildman–Crippen LogP) is 2.89. The number of hydrogen-bond donors (Lipinski definition) is 1. The number of amides is 1. The molecule has 3 heterocycles. The van der Waals surface area contributed by atoms with Crippen LogP contribution in [0.3, 0.4) is 0 Å². The number of aromatic amines is 1. The molecule has 1 fully saturated rings. The summed E-state index contributed by atoms with van der Waals surface area (Å²) in [6.07, 6.45) is 2.91. The molecule has 7 heteroatoms. The fourth-order valence-corrected chi connectivity index (χ4v) is 4.54. The Morgan fingerprint density at radius 1 is 1.31 bits per heavy atom. The number of para-hydroxylation sites is 2. The summed E-state index contributed by atoms with van der Waals surface area (Å²) in [6.45, 7) is 3.40. The number of nitrogens with one attached hydrogen (secondary N) is 1. The molecule has 1 amide bonds. The van der Waals surface area contributed by atoms with Crippen molar-refractivity contribution in [2.75, 3.05) is 13.1 Å². The molecule has 0 radical (unpaired) electrons. The Balaban J connectivity index is 1.39. The van der Waals surface area contributed by atoms with Gasteiger partial charge in [-0.05, 0) is 38.3 Å². The molecule has 136 valence electrons. The molecular weight excluding hydrogens is 348 g/mol. The molecule has 1 aromatic carbocycles. The van der Waals surface area contributed by atoms with Crippen LogP contribution in [0.15, 0.2) is 34.6 Å². The summed E-state index contributed by atoms with van der Waals surface area (Å²) in [5.74, 6) is 0.197. The van der Waals surface area contributed by atoms with Crippen molar-refractivity contribution < 1.29 is 4.79 Å². The molecule has 0 aliphatic carbocycles. The van der Waals surface area contributed by atoms with Gasteiger partial charge in [0, 0.05) is 30.4 Å². The van der Waals surface area contributed by atoms with Crippen LogP contribution in [0.5, 0.6) is 0 Å². The molecule has 2 aromatic heterocycles. The Morgan fingerprint density at radius 2 is 2.08 bits per heavy atom. The van der Waals surface area contributed by atoms with E-state index in [-0.39, 0.29) is 17.6 Å². The molecule has 0 bridgehead atoms. The van der Waals surface area contributed by atoms with E-state index in [4.69, 9.17) is 0 Å². The first-order valence-electron chi connectivity index (χ1n) is 8.99. The second-order valence-electron chi connectivity index (χ2n) is 6.79. The summed E-state index contributed by atoms with van der Waals surface area (Å²) in [5.41, 5.74) is 4.62. The van der Waals surface area contributed by atoms with E-state index in [1.54, 1.807) is 11.3 Å². The minimum Gasteiger partial charge on any atom is -0.343 e. The van der Waals surface area contributed by atoms with E-state index in [0.29, 0.717) is 19.5 Å². The molecule has 1 N–H and O–H groups in total. The number of likely N-dealkylation sites (tertiary alicyclic amines) is 1. The van der Waals surface area contributed by atoms with Crippen LogP contribution in [0.2, 0.25) is 0 Å². The summed E-state index contributed by atoms with van der Waals surface area (Å²) >= 11 is 1.62. The van der Waals surface area contributed by atoms with Crippen LogP contribution in [0, 0.1) is 6.92 Å². The molecule has 0 saturated carbocycles. The van der Waals surface area contributed by atoms with Crippen LogP contribution in [-0.2, 0) is 11.2 Å². The molecule has 3 aromatic rings. The van der Waals surface area contributed by atoms with Gasteiger partial charge in [0.15, 0.2) is 0 Å². The summed E-state index contributed by atoms with van der Waals surface area (Å²) in [4.78, 5) is 35.1. The fraction of sp³-hybridized carbons (Fsp3) is 0.421. The van der Waals surface area contributed by atoms with Crippen molar-refractivity contribution in [3.8, 4) is 0 Å². The van der Waals surface area contributed by atoms with Crippen LogP contribution < -0.4 is 5.69 Å². The van der Waals surface area contributed by atoms with Gasteiger partial charge in [0.05, 0.1) is 22.2 Å². The number of aromatic nitrogens is 3. The van der Waals surface area contributed by atoms with Gasteiger partial charge in [-0.25, -0.2) is 9.78 Å². The van der Waals surface area contributed by atoms with Crippen molar-refractivity contribution in [2.24, 2.45) is 0 Å². The average Bonchev–Trinajstić information content (AvgIpc) is 3.21. The quantitative estimate of drug-likeness (QED) is 0.768. The molecule has 6 nitrogen and oxygen atoms in total. The number of rotatable bonds is 4. The Kier molecular flexibility index (Phi) is 4.63. The number of thiazole rings is 1. The van der Waals surface area contributed by atoms with E-state index in [2.05, 4.69) is 9.97 Å². The molecule has 0 atom stereocenters. The first kappa shape index (κ1) is 17.0. The molecule has 0 spiro atoms. The zero-order valence-corrected chi connectivity index (χ0v) is 15.6. The highest BCUT2D eigenvalue weighted by atomic mass is 32.1. The number of aryl methyl sites for hydroxylation is 2. The Labute approximate surface area is 155 Å². The van der Waals surface area contributed by atoms with Gasteiger partial charge in [-0.2, -0.15) is 0 Å². The van der Waals surface area contributed by atoms with E-state index in [0.717, 1.165) is 36.0 Å². The number of nitrogens with zero attached hydrogens (tertiary/aromatic N) is 3. The zero-order valence-electron chi connectivity index (χ0n) is 14.8. The van der Waals surface area contributed by atoms with Crippen LogP contribution in [0.1, 0.15) is 35.9 Å². The number of carbonyl (C=O) groups excluding carboxylic acids is 1. The van der Waals surface area contributed by atoms with Gasteiger partial charge in [0.25, 0.3) is 0 Å². The second-order valence-corrected chi connectivity index (χ2v) is 7.73. The predicted molar refractivity (Wildman–Crippen MR) is 103 cm³/mol. The van der Waals surface area contributed by atoms with E-state index >= 15 is 0 Å². The van der Waals surface area contributed by atoms with Crippen molar-refractivity contribution in [1.29, 1.82) is 0 Å². The van der Waals surface area contributed by atoms with Crippen molar-refractivity contribution in [3.63, 3.8) is 0 Å². The lowest BCUT2D eigenvalue weighted by molar-refractivity contribution is -0.132. The standard InChI is InChI=1S/C19H22N4O2S/c1-13-17(26-12-20-13)6-7-18(24)22-10-8-14(9-11-22)23-16-5-3-2-4-15(16)21-19(23)25/h2-5,12,14H,6-11H2,1H3,(H,21,25). The van der Waals surface area contributed by atoms with Gasteiger partial charge in [-0.1, -0.05) is 12.1 Å². The molecule has 1 aliphatic rings. The third-order valence-corrected chi connectivity index (χ3v) is 6.21. The number of hydrogen-bond acceptors (Lipinski definition) is 4. The van der Waals surface area contributed by atoms with Crippen LogP contribution in [-0.4, -0.2) is 38.4 Å². The van der Waals surface area contributed by atoms with Gasteiger partial charge in [-0.15, -0.1) is 11.3 Å². The third-order valence-electron chi connectivity index (χ3n) is 5.22. The maximum atomic E-state index is 12.5. The van der Waals surface area contributed by atoms with Gasteiger partial charge >= 0.3 is 5.69 Å². The molecule has 4 rings (SSSR count). The minimum absolute atomic E-state index is 0.0587. The molecule has 1 saturated heterocycles. The third kappa shape index (κ3) is 3.19. The Hall–Kier alpha value is -2.41. The van der Waals surface area contributed by atoms with Crippen LogP contribution in [0.4, 0.5) is 0 Å². The number of benzene rings is 1. The maximum absolute atomic E-state index is 12.5. The lowest BCUT2D eigenvalue weighted by atomic mass is 10.0. The summed E-state index contributed by atoms with van der Waals surface area (Å²) < 4.78 is 1.86. The van der Waals surface area contributed by atoms with Crippen LogP contribution in [0.25, 0.3) is 11.0 Å². The van der Waals surface area contributed by atoms with Crippen LogP contribution >= 0.6 is 11.3 Å². The smallest absolute Gasteiger partial charge is 0.326 e. The van der Waals surface area contributed by atoms with Gasteiger partial charge < -0.3 is 9.88 Å². The first-order chi connectivity index (χ1) is 12.6. The minimum atomic E-state index is -0.0587. The normalized spacial score (nSPS) is 15.7. The zero-order chi connectivity index (χ0) is 18.1. The largest absolute Gasteiger partial charge is 0.343 e. The van der Waals surface area contributed by atoms with Gasteiger partial charge in [0.2, 0.25) is 5.91 Å². The summed E-state index contributed by atoms with van der Waals surface area (Å²) in [6, 6.07) is 7.92. The number of carbonyl (C=O) groups is 1. The van der Waals surface area contributed by atoms with Crippen molar-refractivity contribution in [3.05, 3.63) is 50.8 Å². The molecular formula is C19H22N4O2S. The molecule has 0 unspecified atom stereocenters. The molecule has 1 aliphatic heterocycles.